The summed E-state index contributed by atoms with van der Waals surface area (Å²) in [4.78, 5) is 27.1. The summed E-state index contributed by atoms with van der Waals surface area (Å²) < 4.78 is 11.3. The third kappa shape index (κ3) is 1.24. The zero-order valence-corrected chi connectivity index (χ0v) is 12.8. The van der Waals surface area contributed by atoms with Crippen molar-refractivity contribution in [3.63, 3.8) is 0 Å². The Morgan fingerprint density at radius 2 is 2.19 bits per heavy atom. The van der Waals surface area contributed by atoms with E-state index in [1.807, 2.05) is 4.90 Å². The van der Waals surface area contributed by atoms with Gasteiger partial charge in [0.15, 0.2) is 5.72 Å². The number of methoxy groups -OCH3 is 1. The SMILES string of the molecule is CC[C@@]12CCC[C@H]3C[C@@]4(C(=O)OC)OC31N(CCC2)C4=O. The Morgan fingerprint density at radius 1 is 1.43 bits per heavy atom. The highest BCUT2D eigenvalue weighted by molar-refractivity contribution is 6.08. The Balaban J connectivity index is 1.89. The normalized spacial score (nSPS) is 47.4. The number of carbonyl (C=O) groups is 2. The fourth-order valence-electron chi connectivity index (χ4n) is 5.77. The van der Waals surface area contributed by atoms with Gasteiger partial charge in [0.2, 0.25) is 5.60 Å². The largest absolute Gasteiger partial charge is 0.466 e. The van der Waals surface area contributed by atoms with Crippen LogP contribution in [0.15, 0.2) is 0 Å². The van der Waals surface area contributed by atoms with Gasteiger partial charge in [-0.1, -0.05) is 13.3 Å². The van der Waals surface area contributed by atoms with Crippen molar-refractivity contribution in [1.82, 2.24) is 4.90 Å². The van der Waals surface area contributed by atoms with Crippen LogP contribution in [0, 0.1) is 11.3 Å². The molecule has 3 heterocycles. The van der Waals surface area contributed by atoms with Gasteiger partial charge in [-0.15, -0.1) is 0 Å². The van der Waals surface area contributed by atoms with Crippen LogP contribution in [0.3, 0.4) is 0 Å². The first-order valence-electron chi connectivity index (χ1n) is 8.17. The third-order valence-corrected chi connectivity index (χ3v) is 6.61. The van der Waals surface area contributed by atoms with Crippen molar-refractivity contribution < 1.29 is 19.1 Å². The smallest absolute Gasteiger partial charge is 0.348 e. The monoisotopic (exact) mass is 293 g/mol. The van der Waals surface area contributed by atoms with E-state index in [1.54, 1.807) is 0 Å². The van der Waals surface area contributed by atoms with E-state index in [2.05, 4.69) is 6.92 Å². The molecule has 2 bridgehead atoms. The van der Waals surface area contributed by atoms with E-state index in [-0.39, 0.29) is 17.2 Å². The lowest BCUT2D eigenvalue weighted by Gasteiger charge is -2.59. The summed E-state index contributed by atoms with van der Waals surface area (Å²) >= 11 is 0. The van der Waals surface area contributed by atoms with E-state index < -0.39 is 17.3 Å². The van der Waals surface area contributed by atoms with Crippen LogP contribution in [-0.4, -0.2) is 41.8 Å². The maximum Gasteiger partial charge on any atom is 0.348 e. The van der Waals surface area contributed by atoms with Crippen LogP contribution in [0.4, 0.5) is 0 Å². The Labute approximate surface area is 125 Å². The molecular formula is C16H23NO4. The van der Waals surface area contributed by atoms with Crippen LogP contribution in [0.5, 0.6) is 0 Å². The van der Waals surface area contributed by atoms with E-state index in [0.29, 0.717) is 6.42 Å². The molecule has 5 heteroatoms. The first-order valence-corrected chi connectivity index (χ1v) is 8.17. The molecule has 0 aromatic rings. The molecule has 4 fully saturated rings. The first-order chi connectivity index (χ1) is 10.1. The van der Waals surface area contributed by atoms with E-state index in [4.69, 9.17) is 9.47 Å². The molecule has 1 aliphatic carbocycles. The minimum Gasteiger partial charge on any atom is -0.466 e. The van der Waals surface area contributed by atoms with Gasteiger partial charge in [0, 0.05) is 24.3 Å². The summed E-state index contributed by atoms with van der Waals surface area (Å²) in [6, 6.07) is 0. The van der Waals surface area contributed by atoms with Gasteiger partial charge in [0.25, 0.3) is 5.91 Å². The number of fused-ring (bicyclic) bond motifs is 1. The number of hydrogen-bond donors (Lipinski definition) is 0. The number of ether oxygens (including phenoxy) is 2. The highest BCUT2D eigenvalue weighted by Crippen LogP contribution is 2.68. The fraction of sp³-hybridized carbons (Fsp3) is 0.875. The van der Waals surface area contributed by atoms with Gasteiger partial charge in [-0.05, 0) is 32.1 Å². The quantitative estimate of drug-likeness (QED) is 0.576. The van der Waals surface area contributed by atoms with Gasteiger partial charge in [-0.2, -0.15) is 0 Å². The lowest BCUT2D eigenvalue weighted by Crippen LogP contribution is -2.67. The van der Waals surface area contributed by atoms with Gasteiger partial charge < -0.3 is 14.4 Å². The standard InChI is InChI=1S/C16H23NO4/c1-3-14-7-4-6-11-10-15(13(19)20-2)12(18)17(9-5-8-14)16(11,14)21-15/h11H,3-10H2,1-2H3/t11-,14-,15+,16?/m0/s1. The van der Waals surface area contributed by atoms with Crippen LogP contribution >= 0.6 is 0 Å². The topological polar surface area (TPSA) is 55.8 Å². The molecule has 4 atom stereocenters. The molecule has 1 spiro atoms. The van der Waals surface area contributed by atoms with Crippen LogP contribution in [0.1, 0.15) is 51.9 Å². The van der Waals surface area contributed by atoms with Crippen molar-refractivity contribution in [3.05, 3.63) is 0 Å². The first kappa shape index (κ1) is 13.6. The van der Waals surface area contributed by atoms with E-state index >= 15 is 0 Å². The number of nitrogens with zero attached hydrogens (tertiary/aromatic N) is 1. The second-order valence-corrected chi connectivity index (χ2v) is 7.10. The molecule has 4 rings (SSSR count). The summed E-state index contributed by atoms with van der Waals surface area (Å²) in [6.07, 6.45) is 6.94. The van der Waals surface area contributed by atoms with Crippen LogP contribution in [0.2, 0.25) is 0 Å². The second-order valence-electron chi connectivity index (χ2n) is 7.10. The lowest BCUT2D eigenvalue weighted by molar-refractivity contribution is -0.236. The molecule has 1 unspecified atom stereocenters. The van der Waals surface area contributed by atoms with Crippen molar-refractivity contribution in [2.75, 3.05) is 13.7 Å². The summed E-state index contributed by atoms with van der Waals surface area (Å²) in [7, 11) is 1.34. The number of carbonyl (C=O) groups excluding carboxylic acids is 2. The number of amides is 1. The Kier molecular flexibility index (Phi) is 2.58. The highest BCUT2D eigenvalue weighted by Gasteiger charge is 2.80. The zero-order valence-electron chi connectivity index (χ0n) is 12.8. The Morgan fingerprint density at radius 3 is 2.90 bits per heavy atom. The maximum absolute atomic E-state index is 12.9. The number of hydrogen-bond acceptors (Lipinski definition) is 4. The molecule has 3 aliphatic heterocycles. The number of piperidine rings is 2. The molecule has 0 aromatic carbocycles. The van der Waals surface area contributed by atoms with E-state index in [9.17, 15) is 9.59 Å². The predicted molar refractivity (Wildman–Crippen MR) is 74.2 cm³/mol. The average molecular weight is 293 g/mol. The van der Waals surface area contributed by atoms with Crippen molar-refractivity contribution in [2.24, 2.45) is 11.3 Å². The highest BCUT2D eigenvalue weighted by atomic mass is 16.6. The minimum atomic E-state index is -1.35. The summed E-state index contributed by atoms with van der Waals surface area (Å²) in [5, 5.41) is 0. The zero-order chi connectivity index (χ0) is 14.9. The molecule has 0 radical (unpaired) electrons. The lowest BCUT2D eigenvalue weighted by atomic mass is 9.56. The molecule has 0 N–H and O–H groups in total. The fourth-order valence-corrected chi connectivity index (χ4v) is 5.77. The summed E-state index contributed by atoms with van der Waals surface area (Å²) in [5.74, 6) is -0.371. The number of rotatable bonds is 2. The minimum absolute atomic E-state index is 0.0239. The molecular weight excluding hydrogens is 270 g/mol. The molecule has 3 saturated heterocycles. The molecule has 21 heavy (non-hydrogen) atoms. The predicted octanol–water partition coefficient (Wildman–Crippen LogP) is 1.85. The third-order valence-electron chi connectivity index (χ3n) is 6.61. The Hall–Kier alpha value is -1.10. The van der Waals surface area contributed by atoms with Gasteiger partial charge in [-0.25, -0.2) is 4.79 Å². The van der Waals surface area contributed by atoms with Gasteiger partial charge in [0.05, 0.1) is 7.11 Å². The van der Waals surface area contributed by atoms with Crippen LogP contribution in [0.25, 0.3) is 0 Å². The number of esters is 1. The van der Waals surface area contributed by atoms with Gasteiger partial charge in [0.1, 0.15) is 0 Å². The second kappa shape index (κ2) is 4.00. The molecule has 5 nitrogen and oxygen atoms in total. The van der Waals surface area contributed by atoms with Crippen molar-refractivity contribution >= 4 is 11.9 Å². The Bertz CT molecular complexity index is 516. The van der Waals surface area contributed by atoms with Crippen molar-refractivity contribution in [2.45, 2.75) is 63.2 Å². The van der Waals surface area contributed by atoms with E-state index in [0.717, 1.165) is 38.6 Å². The molecule has 1 saturated carbocycles. The molecule has 116 valence electrons. The molecule has 4 aliphatic rings. The van der Waals surface area contributed by atoms with Crippen LogP contribution in [-0.2, 0) is 19.1 Å². The van der Waals surface area contributed by atoms with E-state index in [1.165, 1.54) is 13.5 Å². The van der Waals surface area contributed by atoms with Gasteiger partial charge in [-0.3, -0.25) is 4.79 Å². The van der Waals surface area contributed by atoms with Crippen molar-refractivity contribution in [1.29, 1.82) is 0 Å². The summed E-state index contributed by atoms with van der Waals surface area (Å²) in [6.45, 7) is 2.92. The van der Waals surface area contributed by atoms with Gasteiger partial charge >= 0.3 is 5.97 Å². The van der Waals surface area contributed by atoms with Crippen LogP contribution < -0.4 is 0 Å². The summed E-state index contributed by atoms with van der Waals surface area (Å²) in [5.41, 5.74) is -1.87. The average Bonchev–Trinajstić information content (AvgIpc) is 2.99. The molecule has 0 aromatic heterocycles. The van der Waals surface area contributed by atoms with Crippen molar-refractivity contribution in [3.8, 4) is 0 Å². The molecule has 1 amide bonds. The maximum atomic E-state index is 12.9.